The number of furan rings is 1. The molecule has 3 aliphatic rings. The predicted molar refractivity (Wildman–Crippen MR) is 125 cm³/mol. The normalized spacial score (nSPS) is 44.8. The number of carbonyl (C=O) groups excluding carboxylic acids is 2. The summed E-state index contributed by atoms with van der Waals surface area (Å²) < 4.78 is 15.6. The Labute approximate surface area is 215 Å². The molecule has 0 spiro atoms. The second-order valence-electron chi connectivity index (χ2n) is 12.2. The fraction of sp³-hybridized carbons (Fsp3) is 0.769. The van der Waals surface area contributed by atoms with Crippen LogP contribution in [-0.4, -0.2) is 84.8 Å². The molecular formula is C26H38O11. The van der Waals surface area contributed by atoms with Crippen molar-refractivity contribution in [3.63, 3.8) is 0 Å². The highest BCUT2D eigenvalue weighted by Crippen LogP contribution is 2.68. The highest BCUT2D eigenvalue weighted by Gasteiger charge is 2.79. The number of hydrogen-bond acceptors (Lipinski definition) is 11. The average molecular weight is 527 g/mol. The van der Waals surface area contributed by atoms with Crippen molar-refractivity contribution in [3.8, 4) is 0 Å². The van der Waals surface area contributed by atoms with Crippen LogP contribution in [-0.2, 0) is 19.1 Å². The second-order valence-corrected chi connectivity index (χ2v) is 12.2. The van der Waals surface area contributed by atoms with Gasteiger partial charge in [-0.15, -0.1) is 0 Å². The molecule has 208 valence electrons. The van der Waals surface area contributed by atoms with E-state index in [9.17, 15) is 40.2 Å². The van der Waals surface area contributed by atoms with E-state index in [0.29, 0.717) is 5.56 Å². The quantitative estimate of drug-likeness (QED) is 0.288. The van der Waals surface area contributed by atoms with Gasteiger partial charge in [0.05, 0.1) is 37.8 Å². The number of hydrogen-bond donors (Lipinski definition) is 6. The summed E-state index contributed by atoms with van der Waals surface area (Å²) in [7, 11) is 1.08. The number of methoxy groups -OCH3 is 1. The molecule has 3 fully saturated rings. The van der Waals surface area contributed by atoms with Gasteiger partial charge in [-0.05, 0) is 45.1 Å². The van der Waals surface area contributed by atoms with Crippen LogP contribution in [0.3, 0.4) is 0 Å². The van der Waals surface area contributed by atoms with Crippen LogP contribution in [0.4, 0.5) is 0 Å². The summed E-state index contributed by atoms with van der Waals surface area (Å²) in [5, 5.41) is 69.6. The molecule has 2 saturated carbocycles. The Balaban J connectivity index is 1.92. The minimum absolute atomic E-state index is 0.0746. The van der Waals surface area contributed by atoms with Crippen molar-refractivity contribution >= 4 is 11.9 Å². The first kappa shape index (κ1) is 28.0. The van der Waals surface area contributed by atoms with Gasteiger partial charge in [0, 0.05) is 22.3 Å². The van der Waals surface area contributed by atoms with Crippen molar-refractivity contribution in [2.75, 3.05) is 7.11 Å². The monoisotopic (exact) mass is 526 g/mol. The number of cyclic esters (lactones) is 1. The van der Waals surface area contributed by atoms with Crippen molar-refractivity contribution in [2.45, 2.75) is 94.6 Å². The smallest absolute Gasteiger partial charge is 0.335 e. The first-order chi connectivity index (χ1) is 17.0. The van der Waals surface area contributed by atoms with Crippen LogP contribution in [0, 0.1) is 22.7 Å². The lowest BCUT2D eigenvalue weighted by Gasteiger charge is -2.70. The Morgan fingerprint density at radius 1 is 1.24 bits per heavy atom. The maximum Gasteiger partial charge on any atom is 0.335 e. The third-order valence-corrected chi connectivity index (χ3v) is 9.44. The Kier molecular flexibility index (Phi) is 6.62. The lowest BCUT2D eigenvalue weighted by atomic mass is 9.40. The van der Waals surface area contributed by atoms with Gasteiger partial charge in [0.15, 0.2) is 6.10 Å². The van der Waals surface area contributed by atoms with Crippen molar-refractivity contribution in [3.05, 3.63) is 24.2 Å². The van der Waals surface area contributed by atoms with E-state index in [-0.39, 0.29) is 19.3 Å². The summed E-state index contributed by atoms with van der Waals surface area (Å²) in [6, 6.07) is 1.57. The molecule has 11 nitrogen and oxygen atoms in total. The summed E-state index contributed by atoms with van der Waals surface area (Å²) in [5.41, 5.74) is -8.71. The van der Waals surface area contributed by atoms with E-state index >= 15 is 0 Å². The number of rotatable bonds is 5. The van der Waals surface area contributed by atoms with Crippen LogP contribution in [0.15, 0.2) is 23.0 Å². The molecule has 1 aliphatic heterocycles. The van der Waals surface area contributed by atoms with E-state index in [1.54, 1.807) is 13.0 Å². The summed E-state index contributed by atoms with van der Waals surface area (Å²) in [6.07, 6.45) is -4.63. The fourth-order valence-corrected chi connectivity index (χ4v) is 7.89. The van der Waals surface area contributed by atoms with Gasteiger partial charge in [0.2, 0.25) is 0 Å². The first-order valence-electron chi connectivity index (χ1n) is 12.5. The zero-order valence-corrected chi connectivity index (χ0v) is 21.7. The van der Waals surface area contributed by atoms with Crippen LogP contribution in [0.25, 0.3) is 0 Å². The Morgan fingerprint density at radius 3 is 2.43 bits per heavy atom. The number of esters is 2. The first-order valence-corrected chi connectivity index (χ1v) is 12.5. The van der Waals surface area contributed by atoms with Gasteiger partial charge < -0.3 is 44.5 Å². The second kappa shape index (κ2) is 8.75. The molecule has 11 heteroatoms. The van der Waals surface area contributed by atoms with Crippen LogP contribution in [0.1, 0.15) is 65.0 Å². The third kappa shape index (κ3) is 3.77. The van der Waals surface area contributed by atoms with Gasteiger partial charge in [-0.3, -0.25) is 4.79 Å². The molecule has 2 aliphatic carbocycles. The predicted octanol–water partition coefficient (Wildman–Crippen LogP) is 0.199. The molecule has 1 saturated heterocycles. The zero-order valence-electron chi connectivity index (χ0n) is 21.7. The summed E-state index contributed by atoms with van der Waals surface area (Å²) in [4.78, 5) is 25.4. The van der Waals surface area contributed by atoms with Crippen LogP contribution in [0.5, 0.6) is 0 Å². The summed E-state index contributed by atoms with van der Waals surface area (Å²) in [5.74, 6) is -4.32. The molecule has 0 radical (unpaired) electrons. The molecule has 2 heterocycles. The Morgan fingerprint density at radius 2 is 1.89 bits per heavy atom. The van der Waals surface area contributed by atoms with Crippen molar-refractivity contribution in [1.82, 2.24) is 0 Å². The Bertz CT molecular complexity index is 1030. The van der Waals surface area contributed by atoms with E-state index < -0.39 is 82.2 Å². The number of ether oxygens (including phenoxy) is 2. The van der Waals surface area contributed by atoms with Gasteiger partial charge in [0.25, 0.3) is 0 Å². The molecule has 0 amide bonds. The van der Waals surface area contributed by atoms with Crippen LogP contribution >= 0.6 is 0 Å². The molecule has 10 unspecified atom stereocenters. The topological polar surface area (TPSA) is 187 Å². The summed E-state index contributed by atoms with van der Waals surface area (Å²) >= 11 is 0. The number of aliphatic hydroxyl groups is 6. The van der Waals surface area contributed by atoms with Crippen molar-refractivity contribution < 1.29 is 54.1 Å². The largest absolute Gasteiger partial charge is 0.472 e. The SMILES string of the molecule is COC(=O)C(O)C1C2CCC3(C)C(c4ccoc4)OC(=O)CC3(O)C2(O)C(O)C(O)C1(C)CC(C)(C)O. The molecule has 0 aromatic carbocycles. The minimum Gasteiger partial charge on any atom is -0.472 e. The zero-order chi connectivity index (χ0) is 27.8. The molecule has 37 heavy (non-hydrogen) atoms. The molecule has 1 aromatic heterocycles. The molecule has 0 bridgehead atoms. The summed E-state index contributed by atoms with van der Waals surface area (Å²) in [6.45, 7) is 6.10. The lowest BCUT2D eigenvalue weighted by molar-refractivity contribution is -0.370. The van der Waals surface area contributed by atoms with Gasteiger partial charge in [-0.2, -0.15) is 0 Å². The standard InChI is InChI=1S/C26H38O11/c1-22(2,32)12-23(3)16(17(28)21(31)35-5)14-6-8-24(4)20(13-7-9-36-11-13)37-15(27)10-25(24,33)26(14,34)19(30)18(23)29/h7,9,11,14,16-20,28-30,32-34H,6,8,10,12H2,1-5H3. The minimum atomic E-state index is -2.56. The van der Waals surface area contributed by atoms with Crippen molar-refractivity contribution in [2.24, 2.45) is 22.7 Å². The highest BCUT2D eigenvalue weighted by molar-refractivity contribution is 5.75. The number of fused-ring (bicyclic) bond motifs is 3. The molecule has 1 aromatic rings. The molecule has 6 N–H and O–H groups in total. The molecule has 4 rings (SSSR count). The lowest BCUT2D eigenvalue weighted by Crippen LogP contribution is -2.83. The molecule has 10 atom stereocenters. The van der Waals surface area contributed by atoms with Gasteiger partial charge in [-0.1, -0.05) is 13.8 Å². The highest BCUT2D eigenvalue weighted by atomic mass is 16.6. The van der Waals surface area contributed by atoms with Gasteiger partial charge >= 0.3 is 11.9 Å². The van der Waals surface area contributed by atoms with Gasteiger partial charge in [0.1, 0.15) is 23.4 Å². The van der Waals surface area contributed by atoms with E-state index in [1.165, 1.54) is 33.3 Å². The molecular weight excluding hydrogens is 488 g/mol. The van der Waals surface area contributed by atoms with Crippen LogP contribution < -0.4 is 0 Å². The van der Waals surface area contributed by atoms with Crippen LogP contribution in [0.2, 0.25) is 0 Å². The van der Waals surface area contributed by atoms with E-state index in [1.807, 2.05) is 0 Å². The number of aliphatic hydroxyl groups excluding tert-OH is 3. The Hall–Kier alpha value is -2.02. The van der Waals surface area contributed by atoms with Gasteiger partial charge in [-0.25, -0.2) is 4.79 Å². The van der Waals surface area contributed by atoms with E-state index in [0.717, 1.165) is 7.11 Å². The third-order valence-electron chi connectivity index (χ3n) is 9.44. The van der Waals surface area contributed by atoms with E-state index in [2.05, 4.69) is 0 Å². The number of carbonyl (C=O) groups is 2. The van der Waals surface area contributed by atoms with E-state index in [4.69, 9.17) is 13.9 Å². The average Bonchev–Trinajstić information content (AvgIpc) is 3.33. The maximum absolute atomic E-state index is 12.8. The fourth-order valence-electron chi connectivity index (χ4n) is 7.89. The van der Waals surface area contributed by atoms with Crippen molar-refractivity contribution in [1.29, 1.82) is 0 Å². The maximum atomic E-state index is 12.8.